The maximum Gasteiger partial charge on any atom is 0.240 e. The van der Waals surface area contributed by atoms with Crippen LogP contribution in [0.1, 0.15) is 44.6 Å². The lowest BCUT2D eigenvalue weighted by molar-refractivity contribution is 0.310. The molecular formula is C16H24N2O2S. The van der Waals surface area contributed by atoms with Crippen molar-refractivity contribution in [3.05, 3.63) is 23.8 Å². The maximum atomic E-state index is 12.6. The van der Waals surface area contributed by atoms with Gasteiger partial charge in [-0.05, 0) is 55.4 Å². The summed E-state index contributed by atoms with van der Waals surface area (Å²) in [7, 11) is -3.40. The summed E-state index contributed by atoms with van der Waals surface area (Å²) < 4.78 is 28.1. The fraction of sp³-hybridized carbons (Fsp3) is 0.625. The van der Waals surface area contributed by atoms with Crippen LogP contribution in [-0.4, -0.2) is 21.0 Å². The second kappa shape index (κ2) is 5.97. The quantitative estimate of drug-likeness (QED) is 0.902. The third kappa shape index (κ3) is 3.24. The lowest BCUT2D eigenvalue weighted by Crippen LogP contribution is -2.41. The third-order valence-corrected chi connectivity index (χ3v) is 6.23. The van der Waals surface area contributed by atoms with Crippen molar-refractivity contribution in [1.82, 2.24) is 4.72 Å². The molecule has 21 heavy (non-hydrogen) atoms. The predicted octanol–water partition coefficient (Wildman–Crippen LogP) is 2.90. The van der Waals surface area contributed by atoms with Gasteiger partial charge in [-0.2, -0.15) is 0 Å². The molecule has 3 rings (SSSR count). The number of benzene rings is 1. The molecule has 2 N–H and O–H groups in total. The van der Waals surface area contributed by atoms with Crippen LogP contribution in [0.3, 0.4) is 0 Å². The Labute approximate surface area is 127 Å². The van der Waals surface area contributed by atoms with Crippen molar-refractivity contribution in [3.8, 4) is 0 Å². The smallest absolute Gasteiger partial charge is 0.240 e. The van der Waals surface area contributed by atoms with Crippen molar-refractivity contribution in [1.29, 1.82) is 0 Å². The number of hydrogen-bond acceptors (Lipinski definition) is 3. The van der Waals surface area contributed by atoms with Crippen LogP contribution >= 0.6 is 0 Å². The van der Waals surface area contributed by atoms with E-state index in [2.05, 4.69) is 17.0 Å². The summed E-state index contributed by atoms with van der Waals surface area (Å²) in [5, 5.41) is 3.31. The van der Waals surface area contributed by atoms with Crippen LogP contribution in [0.2, 0.25) is 0 Å². The van der Waals surface area contributed by atoms with Gasteiger partial charge in [0.2, 0.25) is 10.0 Å². The Hall–Kier alpha value is -1.07. The van der Waals surface area contributed by atoms with E-state index in [1.807, 2.05) is 12.1 Å². The van der Waals surface area contributed by atoms with E-state index < -0.39 is 10.0 Å². The number of sulfonamides is 1. The molecule has 2 atom stereocenters. The molecule has 1 aromatic rings. The molecule has 1 saturated carbocycles. The Balaban J connectivity index is 1.81. The largest absolute Gasteiger partial charge is 0.385 e. The van der Waals surface area contributed by atoms with Gasteiger partial charge in [0.1, 0.15) is 0 Å². The van der Waals surface area contributed by atoms with Crippen LogP contribution in [-0.2, 0) is 16.4 Å². The second-order valence-corrected chi connectivity index (χ2v) is 8.05. The molecule has 4 nitrogen and oxygen atoms in total. The summed E-state index contributed by atoms with van der Waals surface area (Å²) in [6.45, 7) is 3.11. The summed E-state index contributed by atoms with van der Waals surface area (Å²) in [6, 6.07) is 5.52. The predicted molar refractivity (Wildman–Crippen MR) is 85.0 cm³/mol. The standard InChI is InChI=1S/C16H24N2O2S/c1-12-5-2-3-7-15(12)18-21(19,20)14-8-9-16-13(11-14)6-4-10-17-16/h8-9,11-12,15,17-18H,2-7,10H2,1H3. The molecule has 2 unspecified atom stereocenters. The first-order chi connectivity index (χ1) is 10.1. The number of hydrogen-bond donors (Lipinski definition) is 2. The zero-order valence-electron chi connectivity index (χ0n) is 12.6. The lowest BCUT2D eigenvalue weighted by atomic mass is 9.87. The Bertz CT molecular complexity index is 613. The van der Waals surface area contributed by atoms with Crippen molar-refractivity contribution < 1.29 is 8.42 Å². The highest BCUT2D eigenvalue weighted by Gasteiger charge is 2.27. The molecule has 0 saturated heterocycles. The molecule has 0 radical (unpaired) electrons. The Morgan fingerprint density at radius 2 is 2.00 bits per heavy atom. The Kier molecular flexibility index (Phi) is 4.22. The normalized spacial score (nSPS) is 26.0. The zero-order valence-corrected chi connectivity index (χ0v) is 13.4. The zero-order chi connectivity index (χ0) is 14.9. The molecule has 0 amide bonds. The molecule has 0 aromatic heterocycles. The molecule has 1 heterocycles. The fourth-order valence-corrected chi connectivity index (χ4v) is 4.81. The van der Waals surface area contributed by atoms with E-state index in [1.54, 1.807) is 6.07 Å². The lowest BCUT2D eigenvalue weighted by Gasteiger charge is -2.29. The molecular weight excluding hydrogens is 284 g/mol. The first kappa shape index (κ1) is 14.9. The molecule has 1 fully saturated rings. The summed E-state index contributed by atoms with van der Waals surface area (Å²) in [5.41, 5.74) is 2.19. The SMILES string of the molecule is CC1CCCCC1NS(=O)(=O)c1ccc2c(c1)CCCN2. The molecule has 5 heteroatoms. The van der Waals surface area contributed by atoms with Crippen LogP contribution in [0.15, 0.2) is 23.1 Å². The molecule has 0 spiro atoms. The van der Waals surface area contributed by atoms with Crippen LogP contribution in [0.5, 0.6) is 0 Å². The molecule has 0 bridgehead atoms. The highest BCUT2D eigenvalue weighted by Crippen LogP contribution is 2.27. The summed E-state index contributed by atoms with van der Waals surface area (Å²) in [6.07, 6.45) is 6.40. The van der Waals surface area contributed by atoms with E-state index in [4.69, 9.17) is 0 Å². The minimum absolute atomic E-state index is 0.0814. The van der Waals surface area contributed by atoms with E-state index in [0.29, 0.717) is 10.8 Å². The summed E-state index contributed by atoms with van der Waals surface area (Å²) >= 11 is 0. The Morgan fingerprint density at radius 1 is 1.19 bits per heavy atom. The van der Waals surface area contributed by atoms with Crippen LogP contribution in [0.4, 0.5) is 5.69 Å². The monoisotopic (exact) mass is 308 g/mol. The fourth-order valence-electron chi connectivity index (χ4n) is 3.38. The van der Waals surface area contributed by atoms with Gasteiger partial charge in [-0.25, -0.2) is 13.1 Å². The second-order valence-electron chi connectivity index (χ2n) is 6.34. The van der Waals surface area contributed by atoms with Crippen molar-refractivity contribution in [3.63, 3.8) is 0 Å². The first-order valence-electron chi connectivity index (χ1n) is 7.95. The van der Waals surface area contributed by atoms with Crippen LogP contribution < -0.4 is 10.0 Å². The van der Waals surface area contributed by atoms with Gasteiger partial charge in [0, 0.05) is 18.3 Å². The van der Waals surface area contributed by atoms with Gasteiger partial charge in [-0.15, -0.1) is 0 Å². The van der Waals surface area contributed by atoms with Gasteiger partial charge in [-0.3, -0.25) is 0 Å². The van der Waals surface area contributed by atoms with E-state index in [9.17, 15) is 8.42 Å². The van der Waals surface area contributed by atoms with Crippen LogP contribution in [0, 0.1) is 5.92 Å². The molecule has 2 aliphatic rings. The third-order valence-electron chi connectivity index (χ3n) is 4.74. The van der Waals surface area contributed by atoms with E-state index >= 15 is 0 Å². The average molecular weight is 308 g/mol. The van der Waals surface area contributed by atoms with Crippen molar-refractivity contribution in [2.45, 2.75) is 56.4 Å². The minimum atomic E-state index is -3.40. The molecule has 1 aromatic carbocycles. The van der Waals surface area contributed by atoms with Crippen molar-refractivity contribution in [2.75, 3.05) is 11.9 Å². The van der Waals surface area contributed by atoms with E-state index in [0.717, 1.165) is 49.9 Å². The first-order valence-corrected chi connectivity index (χ1v) is 9.44. The van der Waals surface area contributed by atoms with Gasteiger partial charge in [0.25, 0.3) is 0 Å². The van der Waals surface area contributed by atoms with Gasteiger partial charge in [0.05, 0.1) is 4.90 Å². The topological polar surface area (TPSA) is 58.2 Å². The van der Waals surface area contributed by atoms with E-state index in [1.165, 1.54) is 6.42 Å². The summed E-state index contributed by atoms with van der Waals surface area (Å²) in [4.78, 5) is 0.405. The van der Waals surface area contributed by atoms with Gasteiger partial charge < -0.3 is 5.32 Å². The van der Waals surface area contributed by atoms with Crippen molar-refractivity contribution >= 4 is 15.7 Å². The highest BCUT2D eigenvalue weighted by molar-refractivity contribution is 7.89. The minimum Gasteiger partial charge on any atom is -0.385 e. The van der Waals surface area contributed by atoms with Crippen LogP contribution in [0.25, 0.3) is 0 Å². The van der Waals surface area contributed by atoms with Gasteiger partial charge in [0.15, 0.2) is 0 Å². The Morgan fingerprint density at radius 3 is 2.81 bits per heavy atom. The highest BCUT2D eigenvalue weighted by atomic mass is 32.2. The number of aryl methyl sites for hydroxylation is 1. The van der Waals surface area contributed by atoms with Gasteiger partial charge >= 0.3 is 0 Å². The number of fused-ring (bicyclic) bond motifs is 1. The average Bonchev–Trinajstić information content (AvgIpc) is 2.49. The molecule has 1 aliphatic carbocycles. The number of nitrogens with one attached hydrogen (secondary N) is 2. The maximum absolute atomic E-state index is 12.6. The molecule has 1 aliphatic heterocycles. The number of anilines is 1. The van der Waals surface area contributed by atoms with E-state index in [-0.39, 0.29) is 6.04 Å². The van der Waals surface area contributed by atoms with Crippen molar-refractivity contribution in [2.24, 2.45) is 5.92 Å². The summed E-state index contributed by atoms with van der Waals surface area (Å²) in [5.74, 6) is 0.424. The van der Waals surface area contributed by atoms with Gasteiger partial charge in [-0.1, -0.05) is 19.8 Å². The molecule has 116 valence electrons. The number of rotatable bonds is 3.